The number of piperazine rings is 1. The van der Waals surface area contributed by atoms with Gasteiger partial charge in [0.05, 0.1) is 5.56 Å². The summed E-state index contributed by atoms with van der Waals surface area (Å²) in [5.41, 5.74) is 1.76. The molecule has 0 saturated carbocycles. The molecule has 1 aliphatic heterocycles. The zero-order valence-corrected chi connectivity index (χ0v) is 15.1. The first-order chi connectivity index (χ1) is 12.9. The van der Waals surface area contributed by atoms with Crippen molar-refractivity contribution in [2.24, 2.45) is 0 Å². The Morgan fingerprint density at radius 1 is 1.15 bits per heavy atom. The molecule has 0 aromatic heterocycles. The molecule has 1 heterocycles. The molecule has 1 aliphatic rings. The van der Waals surface area contributed by atoms with Crippen LogP contribution in [0.3, 0.4) is 0 Å². The number of amides is 1. The van der Waals surface area contributed by atoms with Gasteiger partial charge in [-0.15, -0.1) is 0 Å². The first-order valence-corrected chi connectivity index (χ1v) is 8.95. The van der Waals surface area contributed by atoms with Crippen molar-refractivity contribution in [3.05, 3.63) is 59.2 Å². The van der Waals surface area contributed by atoms with Crippen LogP contribution in [0.25, 0.3) is 0 Å². The van der Waals surface area contributed by atoms with Crippen LogP contribution in [0.4, 0.5) is 24.5 Å². The highest BCUT2D eigenvalue weighted by atomic mass is 19.4. The Hall–Kier alpha value is -2.54. The van der Waals surface area contributed by atoms with E-state index in [1.54, 1.807) is 12.1 Å². The average Bonchev–Trinajstić information content (AvgIpc) is 2.68. The van der Waals surface area contributed by atoms with E-state index in [1.165, 1.54) is 12.1 Å². The van der Waals surface area contributed by atoms with E-state index < -0.39 is 17.6 Å². The van der Waals surface area contributed by atoms with Crippen LogP contribution < -0.4 is 15.5 Å². The molecule has 144 valence electrons. The molecule has 0 atom stereocenters. The van der Waals surface area contributed by atoms with Crippen LogP contribution in [0.15, 0.2) is 42.5 Å². The Morgan fingerprint density at radius 2 is 1.89 bits per heavy atom. The summed E-state index contributed by atoms with van der Waals surface area (Å²) >= 11 is 0. The summed E-state index contributed by atoms with van der Waals surface area (Å²) in [6.07, 6.45) is -3.68. The first-order valence-electron chi connectivity index (χ1n) is 8.95. The molecule has 0 unspecified atom stereocenters. The van der Waals surface area contributed by atoms with Gasteiger partial charge in [0, 0.05) is 43.1 Å². The first kappa shape index (κ1) is 19.2. The summed E-state index contributed by atoms with van der Waals surface area (Å²) in [6.45, 7) is 5.46. The maximum Gasteiger partial charge on any atom is 0.416 e. The number of aryl methyl sites for hydroxylation is 1. The lowest BCUT2D eigenvalue weighted by molar-refractivity contribution is -0.137. The molecule has 2 aromatic carbocycles. The van der Waals surface area contributed by atoms with Gasteiger partial charge in [-0.3, -0.25) is 4.79 Å². The zero-order valence-electron chi connectivity index (χ0n) is 15.1. The number of nitrogens with zero attached hydrogens (tertiary/aromatic N) is 1. The van der Waals surface area contributed by atoms with Gasteiger partial charge < -0.3 is 15.5 Å². The fourth-order valence-corrected chi connectivity index (χ4v) is 3.09. The molecule has 0 aliphatic carbocycles. The fourth-order valence-electron chi connectivity index (χ4n) is 3.09. The SMILES string of the molecule is CCc1cc(C(=O)Nc2cccc(C(F)(F)F)c2)cc(N2CCNCC2)c1. The Balaban J connectivity index is 1.84. The van der Waals surface area contributed by atoms with E-state index in [1.807, 2.05) is 6.92 Å². The number of halogens is 3. The highest BCUT2D eigenvalue weighted by molar-refractivity contribution is 6.05. The maximum absolute atomic E-state index is 12.9. The second-order valence-electron chi connectivity index (χ2n) is 6.51. The second kappa shape index (κ2) is 8.00. The monoisotopic (exact) mass is 377 g/mol. The molecule has 4 nitrogen and oxygen atoms in total. The van der Waals surface area contributed by atoms with Crippen molar-refractivity contribution in [3.8, 4) is 0 Å². The van der Waals surface area contributed by atoms with Crippen molar-refractivity contribution in [2.45, 2.75) is 19.5 Å². The van der Waals surface area contributed by atoms with Gasteiger partial charge >= 0.3 is 6.18 Å². The van der Waals surface area contributed by atoms with Gasteiger partial charge in [0.1, 0.15) is 0 Å². The van der Waals surface area contributed by atoms with Gasteiger partial charge in [-0.2, -0.15) is 13.2 Å². The minimum atomic E-state index is -4.45. The lowest BCUT2D eigenvalue weighted by atomic mass is 10.1. The van der Waals surface area contributed by atoms with Crippen molar-refractivity contribution in [1.82, 2.24) is 5.32 Å². The van der Waals surface area contributed by atoms with Crippen LogP contribution in [0.5, 0.6) is 0 Å². The Bertz CT molecular complexity index is 814. The number of alkyl halides is 3. The van der Waals surface area contributed by atoms with Gasteiger partial charge in [0.15, 0.2) is 0 Å². The second-order valence-corrected chi connectivity index (χ2v) is 6.51. The van der Waals surface area contributed by atoms with Gasteiger partial charge in [-0.05, 0) is 48.4 Å². The lowest BCUT2D eigenvalue weighted by Gasteiger charge is -2.30. The number of hydrogen-bond donors (Lipinski definition) is 2. The zero-order chi connectivity index (χ0) is 19.4. The van der Waals surface area contributed by atoms with Crippen LogP contribution in [0, 0.1) is 0 Å². The van der Waals surface area contributed by atoms with E-state index in [4.69, 9.17) is 0 Å². The predicted octanol–water partition coefficient (Wildman–Crippen LogP) is 3.93. The largest absolute Gasteiger partial charge is 0.416 e. The topological polar surface area (TPSA) is 44.4 Å². The summed E-state index contributed by atoms with van der Waals surface area (Å²) in [7, 11) is 0. The fraction of sp³-hybridized carbons (Fsp3) is 0.350. The van der Waals surface area contributed by atoms with Crippen LogP contribution in [-0.4, -0.2) is 32.1 Å². The predicted molar refractivity (Wildman–Crippen MR) is 100 cm³/mol. The third-order valence-electron chi connectivity index (χ3n) is 4.58. The lowest BCUT2D eigenvalue weighted by Crippen LogP contribution is -2.43. The minimum absolute atomic E-state index is 0.125. The van der Waals surface area contributed by atoms with E-state index in [-0.39, 0.29) is 5.69 Å². The summed E-state index contributed by atoms with van der Waals surface area (Å²) in [5.74, 6) is -0.416. The summed E-state index contributed by atoms with van der Waals surface area (Å²) in [4.78, 5) is 14.9. The number of anilines is 2. The van der Waals surface area contributed by atoms with E-state index >= 15 is 0 Å². The van der Waals surface area contributed by atoms with Crippen molar-refractivity contribution in [2.75, 3.05) is 36.4 Å². The van der Waals surface area contributed by atoms with Crippen LogP contribution in [0.2, 0.25) is 0 Å². The molecule has 0 bridgehead atoms. The molecule has 1 amide bonds. The van der Waals surface area contributed by atoms with E-state index in [0.717, 1.165) is 56.0 Å². The van der Waals surface area contributed by atoms with Crippen molar-refractivity contribution in [1.29, 1.82) is 0 Å². The average molecular weight is 377 g/mol. The standard InChI is InChI=1S/C20H22F3N3O/c1-2-14-10-15(12-18(11-14)26-8-6-24-7-9-26)19(27)25-17-5-3-4-16(13-17)20(21,22)23/h3-5,10-13,24H,2,6-9H2,1H3,(H,25,27). The molecule has 0 radical (unpaired) electrons. The highest BCUT2D eigenvalue weighted by Gasteiger charge is 2.30. The number of hydrogen-bond acceptors (Lipinski definition) is 3. The van der Waals surface area contributed by atoms with Crippen molar-refractivity contribution >= 4 is 17.3 Å². The smallest absolute Gasteiger partial charge is 0.369 e. The van der Waals surface area contributed by atoms with Crippen LogP contribution in [0.1, 0.15) is 28.4 Å². The molecule has 1 fully saturated rings. The molecule has 27 heavy (non-hydrogen) atoms. The number of carbonyl (C=O) groups is 1. The summed E-state index contributed by atoms with van der Waals surface area (Å²) < 4.78 is 38.6. The third-order valence-corrected chi connectivity index (χ3v) is 4.58. The Morgan fingerprint density at radius 3 is 2.56 bits per heavy atom. The van der Waals surface area contributed by atoms with E-state index in [9.17, 15) is 18.0 Å². The highest BCUT2D eigenvalue weighted by Crippen LogP contribution is 2.31. The molecule has 1 saturated heterocycles. The van der Waals surface area contributed by atoms with Crippen LogP contribution in [-0.2, 0) is 12.6 Å². The summed E-state index contributed by atoms with van der Waals surface area (Å²) in [5, 5.41) is 5.87. The molecule has 2 aromatic rings. The molecular formula is C20H22F3N3O. The van der Waals surface area contributed by atoms with E-state index in [0.29, 0.717) is 5.56 Å². The normalized spacial score (nSPS) is 14.9. The Labute approximate surface area is 156 Å². The maximum atomic E-state index is 12.9. The minimum Gasteiger partial charge on any atom is -0.369 e. The molecule has 7 heteroatoms. The Kier molecular flexibility index (Phi) is 5.70. The quantitative estimate of drug-likeness (QED) is 0.849. The van der Waals surface area contributed by atoms with Crippen molar-refractivity contribution < 1.29 is 18.0 Å². The molecule has 2 N–H and O–H groups in total. The molecule has 0 spiro atoms. The third kappa shape index (κ3) is 4.80. The summed E-state index contributed by atoms with van der Waals surface area (Å²) in [6, 6.07) is 10.3. The number of carbonyl (C=O) groups excluding carboxylic acids is 1. The van der Waals surface area contributed by atoms with Gasteiger partial charge in [0.2, 0.25) is 0 Å². The van der Waals surface area contributed by atoms with Gasteiger partial charge in [-0.25, -0.2) is 0 Å². The van der Waals surface area contributed by atoms with Crippen molar-refractivity contribution in [3.63, 3.8) is 0 Å². The van der Waals surface area contributed by atoms with Crippen LogP contribution >= 0.6 is 0 Å². The number of nitrogens with one attached hydrogen (secondary N) is 2. The number of benzene rings is 2. The van der Waals surface area contributed by atoms with Gasteiger partial charge in [-0.1, -0.05) is 13.0 Å². The number of rotatable bonds is 4. The molecular weight excluding hydrogens is 355 g/mol. The van der Waals surface area contributed by atoms with Gasteiger partial charge in [0.25, 0.3) is 5.91 Å². The van der Waals surface area contributed by atoms with E-state index in [2.05, 4.69) is 21.6 Å². The molecule has 3 rings (SSSR count).